The molecule has 0 bridgehead atoms. The first kappa shape index (κ1) is 14.7. The van der Waals surface area contributed by atoms with Crippen LogP contribution < -0.4 is 4.74 Å². The molecule has 2 aromatic rings. The molecule has 3 rings (SSSR count). The van der Waals surface area contributed by atoms with Crippen LogP contribution in [0.25, 0.3) is 11.1 Å². The highest BCUT2D eigenvalue weighted by Gasteiger charge is 2.31. The minimum atomic E-state index is -1.08. The summed E-state index contributed by atoms with van der Waals surface area (Å²) in [6, 6.07) is 9.83. The number of ether oxygens (including phenoxy) is 1. The second kappa shape index (κ2) is 5.50. The van der Waals surface area contributed by atoms with E-state index in [1.807, 2.05) is 0 Å². The van der Waals surface area contributed by atoms with Gasteiger partial charge in [-0.3, -0.25) is 4.90 Å². The Morgan fingerprint density at radius 1 is 1.41 bits per heavy atom. The van der Waals surface area contributed by atoms with Crippen LogP contribution in [0.2, 0.25) is 5.02 Å². The summed E-state index contributed by atoms with van der Waals surface area (Å²) in [7, 11) is 1.44. The molecule has 0 radical (unpaired) electrons. The van der Waals surface area contributed by atoms with Crippen molar-refractivity contribution in [1.29, 1.82) is 0 Å². The predicted molar refractivity (Wildman–Crippen MR) is 80.8 cm³/mol. The van der Waals surface area contributed by atoms with Crippen LogP contribution in [-0.2, 0) is 6.42 Å². The second-order valence-electron chi connectivity index (χ2n) is 5.10. The Hall–Kier alpha value is -2.27. The van der Waals surface area contributed by atoms with Gasteiger partial charge in [-0.05, 0) is 23.8 Å². The first-order chi connectivity index (χ1) is 10.5. The Kier molecular flexibility index (Phi) is 3.66. The van der Waals surface area contributed by atoms with Gasteiger partial charge in [0.15, 0.2) is 6.23 Å². The van der Waals surface area contributed by atoms with Crippen molar-refractivity contribution in [2.24, 2.45) is 0 Å². The smallest absolute Gasteiger partial charge is 0.409 e. The van der Waals surface area contributed by atoms with Crippen molar-refractivity contribution in [1.82, 2.24) is 4.90 Å². The summed E-state index contributed by atoms with van der Waals surface area (Å²) in [4.78, 5) is 12.1. The van der Waals surface area contributed by atoms with Crippen LogP contribution in [0.15, 0.2) is 36.4 Å². The first-order valence-corrected chi connectivity index (χ1v) is 7.05. The van der Waals surface area contributed by atoms with Crippen molar-refractivity contribution in [2.75, 3.05) is 7.05 Å². The lowest BCUT2D eigenvalue weighted by molar-refractivity contribution is 0.0608. The van der Waals surface area contributed by atoms with E-state index >= 15 is 0 Å². The molecular weight excluding hydrogens is 309 g/mol. The average Bonchev–Trinajstić information content (AvgIpc) is 2.91. The lowest BCUT2D eigenvalue weighted by Crippen LogP contribution is -2.38. The summed E-state index contributed by atoms with van der Waals surface area (Å²) < 4.78 is 19.5. The van der Waals surface area contributed by atoms with Gasteiger partial charge in [0.25, 0.3) is 0 Å². The van der Waals surface area contributed by atoms with Crippen molar-refractivity contribution >= 4 is 17.7 Å². The van der Waals surface area contributed by atoms with Gasteiger partial charge >= 0.3 is 6.09 Å². The second-order valence-corrected chi connectivity index (χ2v) is 5.50. The lowest BCUT2D eigenvalue weighted by atomic mass is 10.0. The number of amides is 1. The number of carbonyl (C=O) groups is 1. The summed E-state index contributed by atoms with van der Waals surface area (Å²) >= 11 is 6.21. The van der Waals surface area contributed by atoms with Crippen molar-refractivity contribution in [3.63, 3.8) is 0 Å². The fraction of sp³-hybridized carbons (Fsp3) is 0.188. The topological polar surface area (TPSA) is 49.8 Å². The Morgan fingerprint density at radius 3 is 2.82 bits per heavy atom. The molecule has 1 atom stereocenters. The van der Waals surface area contributed by atoms with E-state index < -0.39 is 12.3 Å². The fourth-order valence-corrected chi connectivity index (χ4v) is 2.77. The number of hydrogen-bond acceptors (Lipinski definition) is 2. The standard InChI is InChI=1S/C16H13ClFNO3/c1-19(16(20)21)14-8-10-6-9(7-12(17)15(10)22-14)11-4-2-3-5-13(11)18/h2-7,14H,8H2,1H3,(H,20,21). The van der Waals surface area contributed by atoms with Crippen LogP contribution in [0, 0.1) is 5.82 Å². The van der Waals surface area contributed by atoms with Crippen LogP contribution in [0.4, 0.5) is 9.18 Å². The van der Waals surface area contributed by atoms with Crippen LogP contribution in [-0.4, -0.2) is 29.4 Å². The maximum Gasteiger partial charge on any atom is 0.409 e. The molecule has 0 fully saturated rings. The SMILES string of the molecule is CN(C(=O)O)C1Cc2cc(-c3ccccc3F)cc(Cl)c2O1. The van der Waals surface area contributed by atoms with Crippen LogP contribution in [0.1, 0.15) is 5.56 Å². The molecule has 0 aromatic heterocycles. The maximum absolute atomic E-state index is 13.9. The molecule has 1 heterocycles. The molecule has 0 spiro atoms. The molecule has 2 aromatic carbocycles. The zero-order valence-corrected chi connectivity index (χ0v) is 12.5. The molecule has 0 saturated carbocycles. The molecular formula is C16H13ClFNO3. The molecule has 22 heavy (non-hydrogen) atoms. The van der Waals surface area contributed by atoms with Gasteiger partial charge in [0.2, 0.25) is 0 Å². The Balaban J connectivity index is 1.98. The first-order valence-electron chi connectivity index (χ1n) is 6.67. The van der Waals surface area contributed by atoms with Gasteiger partial charge in [-0.25, -0.2) is 9.18 Å². The van der Waals surface area contributed by atoms with Crippen molar-refractivity contribution < 1.29 is 19.0 Å². The van der Waals surface area contributed by atoms with E-state index in [9.17, 15) is 9.18 Å². The van der Waals surface area contributed by atoms with Gasteiger partial charge in [0, 0.05) is 24.6 Å². The summed E-state index contributed by atoms with van der Waals surface area (Å²) in [5.74, 6) is 0.122. The fourth-order valence-electron chi connectivity index (χ4n) is 2.49. The van der Waals surface area contributed by atoms with Crippen LogP contribution in [0.5, 0.6) is 5.75 Å². The largest absolute Gasteiger partial charge is 0.468 e. The molecule has 6 heteroatoms. The number of nitrogens with zero attached hydrogens (tertiary/aromatic N) is 1. The number of fused-ring (bicyclic) bond motifs is 1. The lowest BCUT2D eigenvalue weighted by Gasteiger charge is -2.20. The van der Waals surface area contributed by atoms with Crippen LogP contribution in [0.3, 0.4) is 0 Å². The van der Waals surface area contributed by atoms with Gasteiger partial charge in [0.05, 0.1) is 5.02 Å². The average molecular weight is 322 g/mol. The van der Waals surface area contributed by atoms with E-state index in [1.54, 1.807) is 30.3 Å². The van der Waals surface area contributed by atoms with Crippen molar-refractivity contribution in [2.45, 2.75) is 12.6 Å². The molecule has 1 aliphatic heterocycles. The minimum absolute atomic E-state index is 0.336. The zero-order chi connectivity index (χ0) is 15.9. The zero-order valence-electron chi connectivity index (χ0n) is 11.7. The van der Waals surface area contributed by atoms with Crippen molar-refractivity contribution in [3.05, 3.63) is 52.8 Å². The predicted octanol–water partition coefficient (Wildman–Crippen LogP) is 4.02. The molecule has 114 valence electrons. The van der Waals surface area contributed by atoms with Gasteiger partial charge in [-0.15, -0.1) is 0 Å². The van der Waals surface area contributed by atoms with E-state index in [2.05, 4.69) is 0 Å². The quantitative estimate of drug-likeness (QED) is 0.909. The minimum Gasteiger partial charge on any atom is -0.468 e. The molecule has 4 nitrogen and oxygen atoms in total. The molecule has 1 aliphatic rings. The van der Waals surface area contributed by atoms with E-state index in [-0.39, 0.29) is 5.82 Å². The highest BCUT2D eigenvalue weighted by atomic mass is 35.5. The van der Waals surface area contributed by atoms with E-state index in [1.165, 1.54) is 13.1 Å². The Morgan fingerprint density at radius 2 is 2.14 bits per heavy atom. The Labute approximate surface area is 131 Å². The summed E-state index contributed by atoms with van der Waals surface area (Å²) in [6.07, 6.45) is -1.33. The number of benzene rings is 2. The number of carboxylic acid groups (broad SMARTS) is 1. The van der Waals surface area contributed by atoms with Gasteiger partial charge < -0.3 is 9.84 Å². The van der Waals surface area contributed by atoms with Crippen LogP contribution >= 0.6 is 11.6 Å². The van der Waals surface area contributed by atoms with Gasteiger partial charge in [-0.2, -0.15) is 0 Å². The normalized spacial score (nSPS) is 16.0. The van der Waals surface area contributed by atoms with Gasteiger partial charge in [0.1, 0.15) is 11.6 Å². The van der Waals surface area contributed by atoms with E-state index in [0.29, 0.717) is 28.3 Å². The van der Waals surface area contributed by atoms with Gasteiger partial charge in [-0.1, -0.05) is 29.8 Å². The third-order valence-electron chi connectivity index (χ3n) is 3.69. The molecule has 0 saturated heterocycles. The summed E-state index contributed by atoms with van der Waals surface area (Å²) in [6.45, 7) is 0. The number of hydrogen-bond donors (Lipinski definition) is 1. The number of halogens is 2. The molecule has 0 aliphatic carbocycles. The molecule has 1 unspecified atom stereocenters. The van der Waals surface area contributed by atoms with E-state index in [4.69, 9.17) is 21.4 Å². The highest BCUT2D eigenvalue weighted by Crippen LogP contribution is 2.40. The molecule has 1 N–H and O–H groups in total. The summed E-state index contributed by atoms with van der Waals surface area (Å²) in [5, 5.41) is 9.37. The third-order valence-corrected chi connectivity index (χ3v) is 3.97. The third kappa shape index (κ3) is 2.48. The monoisotopic (exact) mass is 321 g/mol. The number of likely N-dealkylation sites (N-methyl/N-ethyl adjacent to an activating group) is 1. The number of rotatable bonds is 2. The van der Waals surface area contributed by atoms with Crippen molar-refractivity contribution in [3.8, 4) is 16.9 Å². The van der Waals surface area contributed by atoms with E-state index in [0.717, 1.165) is 10.5 Å². The molecule has 1 amide bonds. The highest BCUT2D eigenvalue weighted by molar-refractivity contribution is 6.32. The Bertz CT molecular complexity index is 750. The summed E-state index contributed by atoms with van der Waals surface area (Å²) in [5.41, 5.74) is 1.86. The maximum atomic E-state index is 13.9.